The number of aliphatic hydroxyl groups is 1. The molecule has 0 heterocycles. The molecule has 1 aliphatic carbocycles. The fraction of sp³-hybridized carbons (Fsp3) is 1.00. The van der Waals surface area contributed by atoms with E-state index in [9.17, 15) is 5.11 Å². The van der Waals surface area contributed by atoms with Crippen LogP contribution in [0, 0.1) is 0 Å². The van der Waals surface area contributed by atoms with Crippen molar-refractivity contribution in [3.8, 4) is 0 Å². The van der Waals surface area contributed by atoms with Crippen LogP contribution in [0.2, 0.25) is 0 Å². The quantitative estimate of drug-likeness (QED) is 0.702. The van der Waals surface area contributed by atoms with E-state index in [2.05, 4.69) is 19.2 Å². The summed E-state index contributed by atoms with van der Waals surface area (Å²) >= 11 is 0. The molecule has 2 N–H and O–H groups in total. The Kier molecular flexibility index (Phi) is 4.20. The topological polar surface area (TPSA) is 32.3 Å². The Morgan fingerprint density at radius 1 is 1.31 bits per heavy atom. The molecule has 0 radical (unpaired) electrons. The molecular weight excluding hydrogens is 162 g/mol. The van der Waals surface area contributed by atoms with Crippen molar-refractivity contribution >= 4 is 0 Å². The Morgan fingerprint density at radius 2 is 1.92 bits per heavy atom. The molecular formula is C11H23NO. The summed E-state index contributed by atoms with van der Waals surface area (Å²) in [5.74, 6) is 0. The highest BCUT2D eigenvalue weighted by atomic mass is 16.3. The van der Waals surface area contributed by atoms with E-state index in [0.29, 0.717) is 6.04 Å². The molecule has 0 bridgehead atoms. The third kappa shape index (κ3) is 3.28. The highest BCUT2D eigenvalue weighted by molar-refractivity contribution is 4.86. The largest absolute Gasteiger partial charge is 0.390 e. The van der Waals surface area contributed by atoms with Gasteiger partial charge in [-0.05, 0) is 45.1 Å². The standard InChI is InChI=1S/C11H23NO/c1-3-9-12-10-5-7-11(13,4-2)8-6-10/h10,12-13H,3-9H2,1-2H3. The average Bonchev–Trinajstić information content (AvgIpc) is 2.17. The van der Waals surface area contributed by atoms with Gasteiger partial charge in [0.1, 0.15) is 0 Å². The smallest absolute Gasteiger partial charge is 0.0646 e. The molecule has 0 saturated heterocycles. The summed E-state index contributed by atoms with van der Waals surface area (Å²) < 4.78 is 0. The van der Waals surface area contributed by atoms with Gasteiger partial charge in [0, 0.05) is 6.04 Å². The van der Waals surface area contributed by atoms with E-state index in [1.54, 1.807) is 0 Å². The highest BCUT2D eigenvalue weighted by Gasteiger charge is 2.30. The van der Waals surface area contributed by atoms with Crippen LogP contribution < -0.4 is 5.32 Å². The minimum atomic E-state index is -0.343. The van der Waals surface area contributed by atoms with Crippen molar-refractivity contribution in [1.29, 1.82) is 0 Å². The molecule has 1 fully saturated rings. The molecule has 0 amide bonds. The van der Waals surface area contributed by atoms with Crippen molar-refractivity contribution in [3.63, 3.8) is 0 Å². The zero-order chi connectivity index (χ0) is 9.73. The van der Waals surface area contributed by atoms with Crippen molar-refractivity contribution in [3.05, 3.63) is 0 Å². The van der Waals surface area contributed by atoms with Gasteiger partial charge in [0.2, 0.25) is 0 Å². The first-order valence-electron chi connectivity index (χ1n) is 5.66. The van der Waals surface area contributed by atoms with Crippen LogP contribution in [0.4, 0.5) is 0 Å². The minimum absolute atomic E-state index is 0.343. The van der Waals surface area contributed by atoms with E-state index in [1.807, 2.05) is 0 Å². The number of hydrogen-bond donors (Lipinski definition) is 2. The predicted molar refractivity (Wildman–Crippen MR) is 55.8 cm³/mol. The Bertz CT molecular complexity index is 139. The van der Waals surface area contributed by atoms with Crippen LogP contribution in [0.25, 0.3) is 0 Å². The Morgan fingerprint density at radius 3 is 2.38 bits per heavy atom. The summed E-state index contributed by atoms with van der Waals surface area (Å²) in [6, 6.07) is 0.659. The number of rotatable bonds is 4. The molecule has 1 aliphatic rings. The third-order valence-electron chi connectivity index (χ3n) is 3.26. The van der Waals surface area contributed by atoms with Crippen molar-refractivity contribution in [2.24, 2.45) is 0 Å². The average molecular weight is 185 g/mol. The van der Waals surface area contributed by atoms with Crippen LogP contribution in [0.1, 0.15) is 52.4 Å². The molecule has 1 saturated carbocycles. The molecule has 0 aromatic rings. The van der Waals surface area contributed by atoms with Crippen LogP contribution in [-0.2, 0) is 0 Å². The molecule has 0 aromatic heterocycles. The molecule has 0 aromatic carbocycles. The molecule has 0 unspecified atom stereocenters. The van der Waals surface area contributed by atoms with E-state index < -0.39 is 0 Å². The maximum Gasteiger partial charge on any atom is 0.0646 e. The van der Waals surface area contributed by atoms with Crippen molar-refractivity contribution in [2.75, 3.05) is 6.54 Å². The summed E-state index contributed by atoms with van der Waals surface area (Å²) in [5, 5.41) is 13.5. The second kappa shape index (κ2) is 4.97. The van der Waals surface area contributed by atoms with Crippen LogP contribution in [0.5, 0.6) is 0 Å². The van der Waals surface area contributed by atoms with Crippen LogP contribution in [0.15, 0.2) is 0 Å². The van der Waals surface area contributed by atoms with Gasteiger partial charge in [-0.3, -0.25) is 0 Å². The van der Waals surface area contributed by atoms with Crippen LogP contribution >= 0.6 is 0 Å². The summed E-state index contributed by atoms with van der Waals surface area (Å²) in [7, 11) is 0. The first-order chi connectivity index (χ1) is 6.20. The molecule has 0 aliphatic heterocycles. The van der Waals surface area contributed by atoms with Gasteiger partial charge in [0.15, 0.2) is 0 Å². The lowest BCUT2D eigenvalue weighted by Gasteiger charge is -2.35. The van der Waals surface area contributed by atoms with Crippen molar-refractivity contribution in [2.45, 2.75) is 64.0 Å². The molecule has 0 atom stereocenters. The van der Waals surface area contributed by atoms with Gasteiger partial charge < -0.3 is 10.4 Å². The van der Waals surface area contributed by atoms with Crippen LogP contribution in [-0.4, -0.2) is 23.3 Å². The third-order valence-corrected chi connectivity index (χ3v) is 3.26. The highest BCUT2D eigenvalue weighted by Crippen LogP contribution is 2.30. The Labute approximate surface area is 81.7 Å². The predicted octanol–water partition coefficient (Wildman–Crippen LogP) is 2.07. The van der Waals surface area contributed by atoms with E-state index in [4.69, 9.17) is 0 Å². The van der Waals surface area contributed by atoms with E-state index >= 15 is 0 Å². The van der Waals surface area contributed by atoms with Gasteiger partial charge >= 0.3 is 0 Å². The van der Waals surface area contributed by atoms with Gasteiger partial charge in [-0.2, -0.15) is 0 Å². The monoisotopic (exact) mass is 185 g/mol. The van der Waals surface area contributed by atoms with E-state index in [0.717, 1.165) is 38.6 Å². The molecule has 1 rings (SSSR count). The summed E-state index contributed by atoms with van der Waals surface area (Å²) in [6.07, 6.45) is 6.35. The Balaban J connectivity index is 2.22. The minimum Gasteiger partial charge on any atom is -0.390 e. The van der Waals surface area contributed by atoms with Gasteiger partial charge in [0.05, 0.1) is 5.60 Å². The van der Waals surface area contributed by atoms with Crippen molar-refractivity contribution < 1.29 is 5.11 Å². The fourth-order valence-electron chi connectivity index (χ4n) is 2.06. The first-order valence-corrected chi connectivity index (χ1v) is 5.66. The molecule has 13 heavy (non-hydrogen) atoms. The second-order valence-electron chi connectivity index (χ2n) is 4.31. The fourth-order valence-corrected chi connectivity index (χ4v) is 2.06. The van der Waals surface area contributed by atoms with Crippen LogP contribution in [0.3, 0.4) is 0 Å². The van der Waals surface area contributed by atoms with E-state index in [-0.39, 0.29) is 5.60 Å². The number of hydrogen-bond acceptors (Lipinski definition) is 2. The molecule has 2 nitrogen and oxygen atoms in total. The number of nitrogens with one attached hydrogen (secondary N) is 1. The lowest BCUT2D eigenvalue weighted by molar-refractivity contribution is -0.00671. The molecule has 78 valence electrons. The van der Waals surface area contributed by atoms with Gasteiger partial charge in [-0.25, -0.2) is 0 Å². The lowest BCUT2D eigenvalue weighted by Crippen LogP contribution is -2.41. The van der Waals surface area contributed by atoms with Gasteiger partial charge in [0.25, 0.3) is 0 Å². The normalized spacial score (nSPS) is 34.8. The lowest BCUT2D eigenvalue weighted by atomic mass is 9.80. The summed E-state index contributed by atoms with van der Waals surface area (Å²) in [5.41, 5.74) is -0.343. The van der Waals surface area contributed by atoms with Gasteiger partial charge in [-0.15, -0.1) is 0 Å². The second-order valence-corrected chi connectivity index (χ2v) is 4.31. The maximum absolute atomic E-state index is 10.00. The van der Waals surface area contributed by atoms with E-state index in [1.165, 1.54) is 6.42 Å². The maximum atomic E-state index is 10.00. The zero-order valence-electron chi connectivity index (χ0n) is 8.97. The van der Waals surface area contributed by atoms with Crippen molar-refractivity contribution in [1.82, 2.24) is 5.32 Å². The molecule has 2 heteroatoms. The van der Waals surface area contributed by atoms with Gasteiger partial charge in [-0.1, -0.05) is 13.8 Å². The summed E-state index contributed by atoms with van der Waals surface area (Å²) in [6.45, 7) is 5.40. The first kappa shape index (κ1) is 11.0. The molecule has 0 spiro atoms. The SMILES string of the molecule is CCCNC1CCC(O)(CC)CC1. The zero-order valence-corrected chi connectivity index (χ0v) is 8.97. The summed E-state index contributed by atoms with van der Waals surface area (Å²) in [4.78, 5) is 0. The Hall–Kier alpha value is -0.0800.